The maximum absolute atomic E-state index is 9.54. The molecule has 4 heteroatoms. The molecule has 3 nitrogen and oxygen atoms in total. The molecule has 0 fully saturated rings. The highest BCUT2D eigenvalue weighted by atomic mass is 32.2. The lowest BCUT2D eigenvalue weighted by molar-refractivity contribution is 0.476. The van der Waals surface area contributed by atoms with E-state index in [9.17, 15) is 5.11 Å². The minimum absolute atomic E-state index is 0.284. The lowest BCUT2D eigenvalue weighted by atomic mass is 10.1. The van der Waals surface area contributed by atoms with Crippen molar-refractivity contribution < 1.29 is 5.11 Å². The van der Waals surface area contributed by atoms with Gasteiger partial charge >= 0.3 is 0 Å². The minimum atomic E-state index is 0.284. The number of nitrogens with one attached hydrogen (secondary N) is 2. The molecule has 3 N–H and O–H groups in total. The van der Waals surface area contributed by atoms with E-state index in [-0.39, 0.29) is 5.75 Å². The number of hydrogen-bond acceptors (Lipinski definition) is 3. The summed E-state index contributed by atoms with van der Waals surface area (Å²) in [6, 6.07) is 12.0. The van der Waals surface area contributed by atoms with Crippen molar-refractivity contribution in [1.29, 1.82) is 0 Å². The van der Waals surface area contributed by atoms with Gasteiger partial charge in [-0.05, 0) is 37.7 Å². The molecule has 2 aromatic carbocycles. The van der Waals surface area contributed by atoms with Gasteiger partial charge in [0.15, 0.2) is 0 Å². The standard InChI is InChI=1S/C17H18N2OS/c1-11-3-6-16(12(7-11)9-18-2)21-17-10-19-15-8-13(20)4-5-14(15)17/h3-8,10,18-20H,9H2,1-2H3. The molecule has 0 saturated heterocycles. The lowest BCUT2D eigenvalue weighted by Gasteiger charge is -2.09. The van der Waals surface area contributed by atoms with Gasteiger partial charge in [0.2, 0.25) is 0 Å². The van der Waals surface area contributed by atoms with Crippen molar-refractivity contribution in [3.63, 3.8) is 0 Å². The summed E-state index contributed by atoms with van der Waals surface area (Å²) in [7, 11) is 1.96. The van der Waals surface area contributed by atoms with E-state index < -0.39 is 0 Å². The maximum Gasteiger partial charge on any atom is 0.117 e. The Hall–Kier alpha value is -1.91. The summed E-state index contributed by atoms with van der Waals surface area (Å²) in [5.41, 5.74) is 3.53. The van der Waals surface area contributed by atoms with Crippen molar-refractivity contribution in [2.45, 2.75) is 23.3 Å². The first-order valence-electron chi connectivity index (χ1n) is 6.89. The highest BCUT2D eigenvalue weighted by molar-refractivity contribution is 7.99. The van der Waals surface area contributed by atoms with Crippen LogP contribution in [0.5, 0.6) is 5.75 Å². The molecule has 0 spiro atoms. The van der Waals surface area contributed by atoms with E-state index in [0.717, 1.165) is 17.4 Å². The summed E-state index contributed by atoms with van der Waals surface area (Å²) in [6.07, 6.45) is 2.00. The molecule has 0 unspecified atom stereocenters. The van der Waals surface area contributed by atoms with Crippen LogP contribution in [0.4, 0.5) is 0 Å². The van der Waals surface area contributed by atoms with Crippen LogP contribution in [0.15, 0.2) is 52.4 Å². The molecule has 0 aliphatic heterocycles. The largest absolute Gasteiger partial charge is 0.508 e. The number of benzene rings is 2. The Balaban J connectivity index is 1.98. The third-order valence-electron chi connectivity index (χ3n) is 3.43. The van der Waals surface area contributed by atoms with Crippen LogP contribution in [-0.4, -0.2) is 17.1 Å². The van der Waals surface area contributed by atoms with Gasteiger partial charge in [-0.3, -0.25) is 0 Å². The lowest BCUT2D eigenvalue weighted by Crippen LogP contribution is -2.06. The van der Waals surface area contributed by atoms with Crippen LogP contribution >= 0.6 is 11.8 Å². The van der Waals surface area contributed by atoms with Gasteiger partial charge in [0, 0.05) is 34.0 Å². The number of rotatable bonds is 4. The second kappa shape index (κ2) is 5.84. The monoisotopic (exact) mass is 298 g/mol. The quantitative estimate of drug-likeness (QED) is 0.681. The van der Waals surface area contributed by atoms with Crippen LogP contribution in [0.25, 0.3) is 10.9 Å². The highest BCUT2D eigenvalue weighted by Crippen LogP contribution is 2.36. The first-order valence-corrected chi connectivity index (χ1v) is 7.71. The highest BCUT2D eigenvalue weighted by Gasteiger charge is 2.09. The predicted molar refractivity (Wildman–Crippen MR) is 88.0 cm³/mol. The van der Waals surface area contributed by atoms with E-state index in [4.69, 9.17) is 0 Å². The van der Waals surface area contributed by atoms with Crippen molar-refractivity contribution in [2.24, 2.45) is 0 Å². The zero-order valence-electron chi connectivity index (χ0n) is 12.1. The Morgan fingerprint density at radius 1 is 1.14 bits per heavy atom. The molecule has 0 aliphatic carbocycles. The van der Waals surface area contributed by atoms with Gasteiger partial charge in [0.05, 0.1) is 5.52 Å². The van der Waals surface area contributed by atoms with Crippen LogP contribution in [-0.2, 0) is 6.54 Å². The molecule has 1 heterocycles. The second-order valence-corrected chi connectivity index (χ2v) is 6.21. The van der Waals surface area contributed by atoms with E-state index in [1.807, 2.05) is 19.3 Å². The average Bonchev–Trinajstić information content (AvgIpc) is 2.84. The van der Waals surface area contributed by atoms with Crippen molar-refractivity contribution >= 4 is 22.7 Å². The van der Waals surface area contributed by atoms with Gasteiger partial charge in [-0.2, -0.15) is 0 Å². The van der Waals surface area contributed by atoms with E-state index in [0.29, 0.717) is 0 Å². The zero-order chi connectivity index (χ0) is 14.8. The molecular formula is C17H18N2OS. The topological polar surface area (TPSA) is 48.0 Å². The van der Waals surface area contributed by atoms with Crippen LogP contribution in [0, 0.1) is 6.92 Å². The van der Waals surface area contributed by atoms with Gasteiger partial charge < -0.3 is 15.4 Å². The SMILES string of the molecule is CNCc1cc(C)ccc1Sc1c[nH]c2cc(O)ccc12. The first-order chi connectivity index (χ1) is 10.2. The van der Waals surface area contributed by atoms with E-state index in [2.05, 4.69) is 35.4 Å². The van der Waals surface area contributed by atoms with E-state index in [1.165, 1.54) is 20.9 Å². The number of aromatic nitrogens is 1. The Bertz CT molecular complexity index is 780. The van der Waals surface area contributed by atoms with Crippen molar-refractivity contribution in [3.05, 3.63) is 53.7 Å². The molecule has 0 saturated carbocycles. The molecule has 0 bridgehead atoms. The third kappa shape index (κ3) is 2.91. The predicted octanol–water partition coefficient (Wildman–Crippen LogP) is 4.05. The van der Waals surface area contributed by atoms with Crippen LogP contribution in [0.2, 0.25) is 0 Å². The molecule has 21 heavy (non-hydrogen) atoms. The Labute approximate surface area is 128 Å². The summed E-state index contributed by atoms with van der Waals surface area (Å²) in [4.78, 5) is 5.64. The van der Waals surface area contributed by atoms with Crippen LogP contribution in [0.1, 0.15) is 11.1 Å². The molecule has 1 aromatic heterocycles. The van der Waals surface area contributed by atoms with Gasteiger partial charge in [-0.15, -0.1) is 0 Å². The normalized spacial score (nSPS) is 11.1. The number of hydrogen-bond donors (Lipinski definition) is 3. The third-order valence-corrected chi connectivity index (χ3v) is 4.61. The number of aryl methyl sites for hydroxylation is 1. The molecule has 3 aromatic rings. The molecular weight excluding hydrogens is 280 g/mol. The second-order valence-electron chi connectivity index (χ2n) is 5.13. The minimum Gasteiger partial charge on any atom is -0.508 e. The summed E-state index contributed by atoms with van der Waals surface area (Å²) >= 11 is 1.75. The van der Waals surface area contributed by atoms with Crippen molar-refractivity contribution in [1.82, 2.24) is 10.3 Å². The van der Waals surface area contributed by atoms with Crippen LogP contribution < -0.4 is 5.32 Å². The zero-order valence-corrected chi connectivity index (χ0v) is 12.9. The smallest absolute Gasteiger partial charge is 0.117 e. The van der Waals surface area contributed by atoms with Gasteiger partial charge in [0.1, 0.15) is 5.75 Å². The Kier molecular flexibility index (Phi) is 3.90. The Morgan fingerprint density at radius 2 is 2.00 bits per heavy atom. The number of aromatic amines is 1. The Morgan fingerprint density at radius 3 is 2.81 bits per heavy atom. The van der Waals surface area contributed by atoms with E-state index >= 15 is 0 Å². The number of phenols is 1. The molecule has 3 rings (SSSR count). The van der Waals surface area contributed by atoms with Crippen LogP contribution in [0.3, 0.4) is 0 Å². The fraction of sp³-hybridized carbons (Fsp3) is 0.176. The molecule has 108 valence electrons. The number of H-pyrrole nitrogens is 1. The summed E-state index contributed by atoms with van der Waals surface area (Å²) in [6.45, 7) is 2.97. The van der Waals surface area contributed by atoms with E-state index in [1.54, 1.807) is 23.9 Å². The first kappa shape index (κ1) is 14.0. The number of phenolic OH excluding ortho intramolecular Hbond substituents is 1. The van der Waals surface area contributed by atoms with Crippen molar-refractivity contribution in [2.75, 3.05) is 7.05 Å². The fourth-order valence-corrected chi connectivity index (χ4v) is 3.47. The van der Waals surface area contributed by atoms with Gasteiger partial charge in [-0.25, -0.2) is 0 Å². The summed E-state index contributed by atoms with van der Waals surface area (Å²) in [5, 5.41) is 13.9. The van der Waals surface area contributed by atoms with Crippen molar-refractivity contribution in [3.8, 4) is 5.75 Å². The maximum atomic E-state index is 9.54. The summed E-state index contributed by atoms with van der Waals surface area (Å²) < 4.78 is 0. The molecule has 0 radical (unpaired) electrons. The van der Waals surface area contributed by atoms with Gasteiger partial charge in [0.25, 0.3) is 0 Å². The molecule has 0 aliphatic rings. The molecule has 0 atom stereocenters. The number of fused-ring (bicyclic) bond motifs is 1. The number of aromatic hydroxyl groups is 1. The summed E-state index contributed by atoms with van der Waals surface area (Å²) in [5.74, 6) is 0.284. The van der Waals surface area contributed by atoms with Gasteiger partial charge in [-0.1, -0.05) is 29.5 Å². The fourth-order valence-electron chi connectivity index (χ4n) is 2.43. The average molecular weight is 298 g/mol. The molecule has 0 amide bonds.